The molecule has 20 heavy (non-hydrogen) atoms. The second-order valence-corrected chi connectivity index (χ2v) is 6.27. The Kier molecular flexibility index (Phi) is 5.62. The molecular formula is C18H29NO. The van der Waals surface area contributed by atoms with Gasteiger partial charge in [0.2, 0.25) is 0 Å². The van der Waals surface area contributed by atoms with Gasteiger partial charge in [0.05, 0.1) is 6.10 Å². The van der Waals surface area contributed by atoms with E-state index < -0.39 is 0 Å². The van der Waals surface area contributed by atoms with Crippen molar-refractivity contribution in [3.63, 3.8) is 0 Å². The standard InChI is InChI=1S/C18H29NO/c1-5-18-16(10-11-20-18)17(19-4)12-14-6-8-15(9-7-14)13(2)3/h6-9,13,16-19H,5,10-12H2,1-4H3. The zero-order valence-electron chi connectivity index (χ0n) is 13.4. The van der Waals surface area contributed by atoms with Crippen molar-refractivity contribution in [2.75, 3.05) is 13.7 Å². The maximum Gasteiger partial charge on any atom is 0.0616 e. The minimum Gasteiger partial charge on any atom is -0.378 e. The fourth-order valence-corrected chi connectivity index (χ4v) is 3.31. The molecule has 1 aliphatic rings. The van der Waals surface area contributed by atoms with Gasteiger partial charge in [0.15, 0.2) is 0 Å². The summed E-state index contributed by atoms with van der Waals surface area (Å²) in [7, 11) is 2.08. The number of ether oxygens (including phenoxy) is 1. The summed E-state index contributed by atoms with van der Waals surface area (Å²) >= 11 is 0. The largest absolute Gasteiger partial charge is 0.378 e. The molecule has 2 heteroatoms. The summed E-state index contributed by atoms with van der Waals surface area (Å²) in [4.78, 5) is 0. The molecule has 0 radical (unpaired) electrons. The molecule has 1 N–H and O–H groups in total. The Labute approximate surface area is 123 Å². The van der Waals surface area contributed by atoms with E-state index in [4.69, 9.17) is 4.74 Å². The first-order valence-electron chi connectivity index (χ1n) is 8.03. The zero-order chi connectivity index (χ0) is 14.5. The quantitative estimate of drug-likeness (QED) is 0.853. The van der Waals surface area contributed by atoms with E-state index in [1.165, 1.54) is 17.5 Å². The maximum atomic E-state index is 5.85. The molecule has 2 rings (SSSR count). The Morgan fingerprint density at radius 3 is 2.50 bits per heavy atom. The Morgan fingerprint density at radius 1 is 1.25 bits per heavy atom. The van der Waals surface area contributed by atoms with Crippen molar-refractivity contribution in [1.29, 1.82) is 0 Å². The first kappa shape index (κ1) is 15.5. The van der Waals surface area contributed by atoms with Crippen LogP contribution in [-0.2, 0) is 11.2 Å². The molecule has 0 aromatic heterocycles. The molecule has 1 aliphatic heterocycles. The summed E-state index contributed by atoms with van der Waals surface area (Å²) in [5.41, 5.74) is 2.85. The molecule has 0 saturated carbocycles. The second-order valence-electron chi connectivity index (χ2n) is 6.27. The summed E-state index contributed by atoms with van der Waals surface area (Å²) in [6.45, 7) is 7.64. The summed E-state index contributed by atoms with van der Waals surface area (Å²) in [5.74, 6) is 1.26. The van der Waals surface area contributed by atoms with E-state index in [1.54, 1.807) is 0 Å². The first-order valence-corrected chi connectivity index (χ1v) is 8.03. The summed E-state index contributed by atoms with van der Waals surface area (Å²) in [6, 6.07) is 9.64. The Hall–Kier alpha value is -0.860. The molecular weight excluding hydrogens is 246 g/mol. The molecule has 3 atom stereocenters. The van der Waals surface area contributed by atoms with Gasteiger partial charge in [0, 0.05) is 18.6 Å². The molecule has 1 saturated heterocycles. The lowest BCUT2D eigenvalue weighted by Crippen LogP contribution is -2.39. The topological polar surface area (TPSA) is 21.3 Å². The predicted octanol–water partition coefficient (Wildman–Crippen LogP) is 3.76. The molecule has 0 amide bonds. The molecule has 1 aromatic carbocycles. The molecule has 1 aromatic rings. The van der Waals surface area contributed by atoms with Crippen molar-refractivity contribution in [2.45, 2.75) is 58.1 Å². The molecule has 3 unspecified atom stereocenters. The van der Waals surface area contributed by atoms with Crippen LogP contribution in [0.4, 0.5) is 0 Å². The van der Waals surface area contributed by atoms with Crippen LogP contribution in [0.5, 0.6) is 0 Å². The second kappa shape index (κ2) is 7.24. The number of benzene rings is 1. The van der Waals surface area contributed by atoms with Crippen LogP contribution in [0.15, 0.2) is 24.3 Å². The number of nitrogens with one attached hydrogen (secondary N) is 1. The van der Waals surface area contributed by atoms with Crippen LogP contribution in [0.25, 0.3) is 0 Å². The molecule has 1 fully saturated rings. The zero-order valence-corrected chi connectivity index (χ0v) is 13.4. The van der Waals surface area contributed by atoms with Gasteiger partial charge in [-0.15, -0.1) is 0 Å². The highest BCUT2D eigenvalue weighted by molar-refractivity contribution is 5.25. The van der Waals surface area contributed by atoms with Gasteiger partial charge >= 0.3 is 0 Å². The van der Waals surface area contributed by atoms with Gasteiger partial charge in [-0.05, 0) is 43.4 Å². The molecule has 1 heterocycles. The number of likely N-dealkylation sites (N-methyl/N-ethyl adjacent to an activating group) is 1. The van der Waals surface area contributed by atoms with Gasteiger partial charge in [-0.2, -0.15) is 0 Å². The number of rotatable bonds is 6. The van der Waals surface area contributed by atoms with Crippen LogP contribution in [0.2, 0.25) is 0 Å². The van der Waals surface area contributed by atoms with E-state index in [9.17, 15) is 0 Å². The van der Waals surface area contributed by atoms with Gasteiger partial charge in [0.1, 0.15) is 0 Å². The Balaban J connectivity index is 2.02. The summed E-state index contributed by atoms with van der Waals surface area (Å²) in [5, 5.41) is 3.51. The van der Waals surface area contributed by atoms with Gasteiger partial charge < -0.3 is 10.1 Å². The van der Waals surface area contributed by atoms with Crippen LogP contribution in [0, 0.1) is 5.92 Å². The van der Waals surface area contributed by atoms with Crippen LogP contribution >= 0.6 is 0 Å². The lowest BCUT2D eigenvalue weighted by molar-refractivity contribution is 0.0783. The SMILES string of the molecule is CCC1OCCC1C(Cc1ccc(C(C)C)cc1)NC. The van der Waals surface area contributed by atoms with Crippen LogP contribution in [0.1, 0.15) is 50.7 Å². The third-order valence-corrected chi connectivity index (χ3v) is 4.65. The Morgan fingerprint density at radius 2 is 1.95 bits per heavy atom. The van der Waals surface area contributed by atoms with Crippen molar-refractivity contribution < 1.29 is 4.74 Å². The van der Waals surface area contributed by atoms with Gasteiger partial charge in [-0.25, -0.2) is 0 Å². The van der Waals surface area contributed by atoms with Crippen molar-refractivity contribution in [1.82, 2.24) is 5.32 Å². The molecule has 112 valence electrons. The van der Waals surface area contributed by atoms with E-state index in [-0.39, 0.29) is 0 Å². The average molecular weight is 275 g/mol. The highest BCUT2D eigenvalue weighted by Gasteiger charge is 2.32. The normalized spacial score (nSPS) is 24.2. The Bertz CT molecular complexity index is 398. The highest BCUT2D eigenvalue weighted by atomic mass is 16.5. The van der Waals surface area contributed by atoms with E-state index in [2.05, 4.69) is 57.4 Å². The van der Waals surface area contributed by atoms with E-state index in [0.29, 0.717) is 24.0 Å². The monoisotopic (exact) mass is 275 g/mol. The average Bonchev–Trinajstić information content (AvgIpc) is 2.93. The van der Waals surface area contributed by atoms with Crippen molar-refractivity contribution in [3.8, 4) is 0 Å². The van der Waals surface area contributed by atoms with Crippen molar-refractivity contribution in [3.05, 3.63) is 35.4 Å². The molecule has 0 bridgehead atoms. The van der Waals surface area contributed by atoms with Gasteiger partial charge in [0.25, 0.3) is 0 Å². The third-order valence-electron chi connectivity index (χ3n) is 4.65. The first-order chi connectivity index (χ1) is 9.65. The van der Waals surface area contributed by atoms with Crippen molar-refractivity contribution in [2.24, 2.45) is 5.92 Å². The third kappa shape index (κ3) is 3.62. The van der Waals surface area contributed by atoms with E-state index in [0.717, 1.165) is 19.4 Å². The fraction of sp³-hybridized carbons (Fsp3) is 0.667. The maximum absolute atomic E-state index is 5.85. The van der Waals surface area contributed by atoms with Crippen LogP contribution in [-0.4, -0.2) is 25.8 Å². The van der Waals surface area contributed by atoms with E-state index >= 15 is 0 Å². The fourth-order valence-electron chi connectivity index (χ4n) is 3.31. The summed E-state index contributed by atoms with van der Waals surface area (Å²) < 4.78 is 5.85. The number of hydrogen-bond acceptors (Lipinski definition) is 2. The number of hydrogen-bond donors (Lipinski definition) is 1. The van der Waals surface area contributed by atoms with Gasteiger partial charge in [-0.1, -0.05) is 45.0 Å². The van der Waals surface area contributed by atoms with E-state index in [1.807, 2.05) is 0 Å². The molecule has 0 aliphatic carbocycles. The lowest BCUT2D eigenvalue weighted by atomic mass is 9.87. The van der Waals surface area contributed by atoms with Gasteiger partial charge in [-0.3, -0.25) is 0 Å². The smallest absolute Gasteiger partial charge is 0.0616 e. The van der Waals surface area contributed by atoms with Crippen molar-refractivity contribution >= 4 is 0 Å². The summed E-state index contributed by atoms with van der Waals surface area (Å²) in [6.07, 6.45) is 3.84. The molecule has 0 spiro atoms. The minimum atomic E-state index is 0.433. The van der Waals surface area contributed by atoms with Crippen LogP contribution in [0.3, 0.4) is 0 Å². The minimum absolute atomic E-state index is 0.433. The predicted molar refractivity (Wildman–Crippen MR) is 85.2 cm³/mol. The lowest BCUT2D eigenvalue weighted by Gasteiger charge is -2.27. The highest BCUT2D eigenvalue weighted by Crippen LogP contribution is 2.28. The van der Waals surface area contributed by atoms with Crippen LogP contribution < -0.4 is 5.32 Å². The molecule has 2 nitrogen and oxygen atoms in total.